The second-order valence-electron chi connectivity index (χ2n) is 13.6. The van der Waals surface area contributed by atoms with Crippen LogP contribution in [0.4, 0.5) is 0 Å². The summed E-state index contributed by atoms with van der Waals surface area (Å²) >= 11 is 1.82. The molecule has 4 nitrogen and oxygen atoms in total. The Morgan fingerprint density at radius 1 is 0.346 bits per heavy atom. The molecule has 0 bridgehead atoms. The molecule has 5 heterocycles. The molecule has 52 heavy (non-hydrogen) atoms. The minimum Gasteiger partial charge on any atom is -0.309 e. The van der Waals surface area contributed by atoms with E-state index in [1.54, 1.807) is 0 Å². The number of hydrogen-bond donors (Lipinski definition) is 0. The average Bonchev–Trinajstić information content (AvgIpc) is 3.94. The van der Waals surface area contributed by atoms with Crippen LogP contribution in [0.3, 0.4) is 0 Å². The van der Waals surface area contributed by atoms with Crippen LogP contribution in [0.1, 0.15) is 0 Å². The third-order valence-electron chi connectivity index (χ3n) is 10.8. The number of para-hydroxylation sites is 5. The molecule has 0 atom stereocenters. The van der Waals surface area contributed by atoms with E-state index in [-0.39, 0.29) is 0 Å². The molecule has 0 amide bonds. The Bertz CT molecular complexity index is 3320. The minimum atomic E-state index is 0.906. The molecule has 7 aromatic carbocycles. The number of benzene rings is 7. The Morgan fingerprint density at radius 2 is 0.788 bits per heavy atom. The van der Waals surface area contributed by atoms with Crippen LogP contribution < -0.4 is 0 Å². The molecule has 5 heteroatoms. The van der Waals surface area contributed by atoms with E-state index in [0.29, 0.717) is 0 Å². The van der Waals surface area contributed by atoms with E-state index >= 15 is 0 Å². The highest BCUT2D eigenvalue weighted by atomic mass is 32.1. The van der Waals surface area contributed by atoms with Crippen molar-refractivity contribution in [3.63, 3.8) is 0 Å². The van der Waals surface area contributed by atoms with Crippen LogP contribution in [0, 0.1) is 0 Å². The molecule has 0 saturated carbocycles. The smallest absolute Gasteiger partial charge is 0.158 e. The molecule has 0 N–H and O–H groups in total. The van der Waals surface area contributed by atoms with Crippen LogP contribution in [-0.2, 0) is 0 Å². The highest BCUT2D eigenvalue weighted by Crippen LogP contribution is 2.43. The van der Waals surface area contributed by atoms with Gasteiger partial charge in [0.1, 0.15) is 5.82 Å². The zero-order valence-electron chi connectivity index (χ0n) is 27.9. The average molecular weight is 681 g/mol. The molecule has 0 aliphatic rings. The van der Waals surface area contributed by atoms with Crippen molar-refractivity contribution in [3.05, 3.63) is 170 Å². The molecule has 242 valence electrons. The SMILES string of the molecule is c1ccc2c(c1)sc1c(-n3c4ccccc4c4ccccc43)nc(-n3c4ccccc4c4cc(-n5c6ccccc6c6ccccc65)ccc43)cc12. The first-order valence-corrected chi connectivity index (χ1v) is 18.5. The summed E-state index contributed by atoms with van der Waals surface area (Å²) < 4.78 is 9.59. The van der Waals surface area contributed by atoms with Crippen molar-refractivity contribution >= 4 is 96.9 Å². The first kappa shape index (κ1) is 28.1. The molecular weight excluding hydrogens is 653 g/mol. The van der Waals surface area contributed by atoms with Crippen molar-refractivity contribution in [3.8, 4) is 17.3 Å². The summed E-state index contributed by atoms with van der Waals surface area (Å²) in [7, 11) is 0. The predicted molar refractivity (Wildman–Crippen MR) is 220 cm³/mol. The van der Waals surface area contributed by atoms with Crippen LogP contribution in [0.2, 0.25) is 0 Å². The topological polar surface area (TPSA) is 27.7 Å². The lowest BCUT2D eigenvalue weighted by molar-refractivity contribution is 1.03. The van der Waals surface area contributed by atoms with Crippen LogP contribution in [0.25, 0.3) is 103 Å². The highest BCUT2D eigenvalue weighted by Gasteiger charge is 2.22. The van der Waals surface area contributed by atoms with Gasteiger partial charge in [-0.25, -0.2) is 4.98 Å². The summed E-state index contributed by atoms with van der Waals surface area (Å²) in [5.74, 6) is 1.86. The number of thiophene rings is 1. The maximum atomic E-state index is 5.67. The van der Waals surface area contributed by atoms with Gasteiger partial charge in [-0.3, -0.25) is 9.13 Å². The van der Waals surface area contributed by atoms with Gasteiger partial charge < -0.3 is 4.57 Å². The Hall–Kier alpha value is -6.69. The summed E-state index contributed by atoms with van der Waals surface area (Å²) in [4.78, 5) is 5.67. The third kappa shape index (κ3) is 3.72. The van der Waals surface area contributed by atoms with Crippen molar-refractivity contribution < 1.29 is 0 Å². The lowest BCUT2D eigenvalue weighted by Crippen LogP contribution is -2.04. The van der Waals surface area contributed by atoms with Gasteiger partial charge in [0.2, 0.25) is 0 Å². The summed E-state index contributed by atoms with van der Waals surface area (Å²) in [5.41, 5.74) is 8.14. The summed E-state index contributed by atoms with van der Waals surface area (Å²) in [6, 6.07) is 61.6. The zero-order valence-corrected chi connectivity index (χ0v) is 28.7. The van der Waals surface area contributed by atoms with Crippen LogP contribution in [0.5, 0.6) is 0 Å². The van der Waals surface area contributed by atoms with Crippen molar-refractivity contribution in [2.45, 2.75) is 0 Å². The van der Waals surface area contributed by atoms with Crippen molar-refractivity contribution in [1.82, 2.24) is 18.7 Å². The normalized spacial score (nSPS) is 12.2. The van der Waals surface area contributed by atoms with E-state index in [1.165, 1.54) is 63.5 Å². The summed E-state index contributed by atoms with van der Waals surface area (Å²) in [6.45, 7) is 0. The quantitative estimate of drug-likeness (QED) is 0.182. The Balaban J connectivity index is 1.19. The van der Waals surface area contributed by atoms with E-state index < -0.39 is 0 Å². The Labute approximate surface area is 301 Å². The third-order valence-corrected chi connectivity index (χ3v) is 12.0. The Morgan fingerprint density at radius 3 is 1.37 bits per heavy atom. The molecular formula is C47H28N4S. The van der Waals surface area contributed by atoms with Crippen molar-refractivity contribution in [2.75, 3.05) is 0 Å². The first-order valence-electron chi connectivity index (χ1n) is 17.6. The fourth-order valence-corrected chi connectivity index (χ4v) is 9.82. The van der Waals surface area contributed by atoms with E-state index in [0.717, 1.165) is 39.4 Å². The van der Waals surface area contributed by atoms with E-state index in [1.807, 2.05) is 11.3 Å². The van der Waals surface area contributed by atoms with Gasteiger partial charge in [-0.15, -0.1) is 11.3 Å². The maximum absolute atomic E-state index is 5.67. The molecule has 0 fully saturated rings. The van der Waals surface area contributed by atoms with Gasteiger partial charge in [-0.05, 0) is 60.7 Å². The van der Waals surface area contributed by atoms with Crippen molar-refractivity contribution in [2.24, 2.45) is 0 Å². The fourth-order valence-electron chi connectivity index (χ4n) is 8.66. The second kappa shape index (κ2) is 10.4. The largest absolute Gasteiger partial charge is 0.309 e. The molecule has 0 unspecified atom stereocenters. The minimum absolute atomic E-state index is 0.906. The highest BCUT2D eigenvalue weighted by molar-refractivity contribution is 7.26. The number of rotatable bonds is 3. The number of pyridine rings is 1. The first-order chi connectivity index (χ1) is 25.8. The standard InChI is InChI=1S/C47H28N4S/c1-7-19-38-30(13-1)31-14-2-8-20-39(31)49(38)29-25-26-43-36(27-29)34-17-5-9-21-40(34)50(43)45-28-37-35-18-6-12-24-44(35)52-46(37)47(48-45)51-41-22-10-3-15-32(41)33-16-4-11-23-42(33)51/h1-28H. The molecule has 0 aliphatic heterocycles. The van der Waals surface area contributed by atoms with E-state index in [2.05, 4.69) is 184 Å². The molecule has 0 aliphatic carbocycles. The van der Waals surface area contributed by atoms with Crippen LogP contribution in [-0.4, -0.2) is 18.7 Å². The van der Waals surface area contributed by atoms with Gasteiger partial charge in [0.05, 0.1) is 37.8 Å². The lowest BCUT2D eigenvalue weighted by atomic mass is 10.1. The second-order valence-corrected chi connectivity index (χ2v) is 14.6. The predicted octanol–water partition coefficient (Wildman–Crippen LogP) is 12.7. The van der Waals surface area contributed by atoms with Gasteiger partial charge in [0.25, 0.3) is 0 Å². The van der Waals surface area contributed by atoms with Gasteiger partial charge in [0, 0.05) is 53.5 Å². The molecule has 12 rings (SSSR count). The van der Waals surface area contributed by atoms with Gasteiger partial charge in [-0.1, -0.05) is 109 Å². The lowest BCUT2D eigenvalue weighted by Gasteiger charge is -2.14. The zero-order chi connectivity index (χ0) is 33.9. The molecule has 5 aromatic heterocycles. The Kier molecular flexibility index (Phi) is 5.62. The number of hydrogen-bond acceptors (Lipinski definition) is 2. The molecule has 0 spiro atoms. The van der Waals surface area contributed by atoms with Gasteiger partial charge in [-0.2, -0.15) is 0 Å². The van der Waals surface area contributed by atoms with Crippen LogP contribution >= 0.6 is 11.3 Å². The van der Waals surface area contributed by atoms with Gasteiger partial charge >= 0.3 is 0 Å². The fraction of sp³-hybridized carbons (Fsp3) is 0. The maximum Gasteiger partial charge on any atom is 0.158 e. The summed E-state index contributed by atoms with van der Waals surface area (Å²) in [5, 5.41) is 9.86. The van der Waals surface area contributed by atoms with Crippen molar-refractivity contribution in [1.29, 1.82) is 0 Å². The molecule has 0 radical (unpaired) electrons. The van der Waals surface area contributed by atoms with E-state index in [4.69, 9.17) is 4.98 Å². The molecule has 0 saturated heterocycles. The van der Waals surface area contributed by atoms with Gasteiger partial charge in [0.15, 0.2) is 5.82 Å². The monoisotopic (exact) mass is 680 g/mol. The van der Waals surface area contributed by atoms with Crippen LogP contribution in [0.15, 0.2) is 170 Å². The number of aromatic nitrogens is 4. The molecule has 12 aromatic rings. The number of nitrogens with zero attached hydrogens (tertiary/aromatic N) is 4. The number of fused-ring (bicyclic) bond motifs is 12. The summed E-state index contributed by atoms with van der Waals surface area (Å²) in [6.07, 6.45) is 0. The van der Waals surface area contributed by atoms with E-state index in [9.17, 15) is 0 Å².